The van der Waals surface area contributed by atoms with Crippen LogP contribution in [-0.2, 0) is 9.59 Å². The van der Waals surface area contributed by atoms with Crippen molar-refractivity contribution in [2.24, 2.45) is 5.92 Å². The fourth-order valence-electron chi connectivity index (χ4n) is 1.59. The lowest BCUT2D eigenvalue weighted by Gasteiger charge is -2.17. The Bertz CT molecular complexity index is 442. The second-order valence-electron chi connectivity index (χ2n) is 3.47. The quantitative estimate of drug-likeness (QED) is 0.606. The van der Waals surface area contributed by atoms with E-state index < -0.39 is 29.6 Å². The zero-order chi connectivity index (χ0) is 13.0. The maximum absolute atomic E-state index is 13.0. The molecule has 1 aromatic carbocycles. The summed E-state index contributed by atoms with van der Waals surface area (Å²) in [4.78, 5) is 21.8. The van der Waals surface area contributed by atoms with Gasteiger partial charge in [0.05, 0.1) is 0 Å². The Labute approximate surface area is 97.0 Å². The standard InChI is InChI=1S/C12H11FO4/c1-2-9(10(11(14)15)12(16)17)7-4-3-5-8(13)6-7/h2-6,9-10H,1H2,(H,14,15)(H,16,17). The van der Waals surface area contributed by atoms with Gasteiger partial charge in [0.25, 0.3) is 0 Å². The van der Waals surface area contributed by atoms with Crippen LogP contribution in [0, 0.1) is 11.7 Å². The van der Waals surface area contributed by atoms with E-state index in [1.807, 2.05) is 0 Å². The van der Waals surface area contributed by atoms with Crippen LogP contribution in [0.25, 0.3) is 0 Å². The summed E-state index contributed by atoms with van der Waals surface area (Å²) >= 11 is 0. The monoisotopic (exact) mass is 238 g/mol. The molecule has 0 radical (unpaired) electrons. The minimum absolute atomic E-state index is 0.273. The van der Waals surface area contributed by atoms with E-state index in [9.17, 15) is 14.0 Å². The Hall–Kier alpha value is -2.17. The molecule has 0 aliphatic rings. The number of hydrogen-bond acceptors (Lipinski definition) is 2. The van der Waals surface area contributed by atoms with Gasteiger partial charge >= 0.3 is 11.9 Å². The van der Waals surface area contributed by atoms with Gasteiger partial charge in [-0.2, -0.15) is 0 Å². The normalized spacial score (nSPS) is 12.1. The second kappa shape index (κ2) is 5.25. The third-order valence-electron chi connectivity index (χ3n) is 2.38. The third kappa shape index (κ3) is 2.90. The molecule has 4 nitrogen and oxygen atoms in total. The maximum Gasteiger partial charge on any atom is 0.318 e. The first kappa shape index (κ1) is 12.9. The van der Waals surface area contributed by atoms with Crippen LogP contribution in [-0.4, -0.2) is 22.2 Å². The molecule has 5 heteroatoms. The number of carboxylic acids is 2. The lowest BCUT2D eigenvalue weighted by Crippen LogP contribution is -2.29. The summed E-state index contributed by atoms with van der Waals surface area (Å²) in [6.07, 6.45) is 1.20. The van der Waals surface area contributed by atoms with Crippen molar-refractivity contribution in [2.45, 2.75) is 5.92 Å². The average molecular weight is 238 g/mol. The van der Waals surface area contributed by atoms with E-state index in [1.54, 1.807) is 0 Å². The van der Waals surface area contributed by atoms with Crippen molar-refractivity contribution >= 4 is 11.9 Å². The third-order valence-corrected chi connectivity index (χ3v) is 2.38. The van der Waals surface area contributed by atoms with Crippen molar-refractivity contribution in [3.8, 4) is 0 Å². The van der Waals surface area contributed by atoms with E-state index in [0.29, 0.717) is 0 Å². The van der Waals surface area contributed by atoms with Crippen molar-refractivity contribution in [3.05, 3.63) is 48.3 Å². The van der Waals surface area contributed by atoms with E-state index in [4.69, 9.17) is 10.2 Å². The highest BCUT2D eigenvalue weighted by molar-refractivity contribution is 5.94. The van der Waals surface area contributed by atoms with Crippen molar-refractivity contribution in [3.63, 3.8) is 0 Å². The number of aliphatic carboxylic acids is 2. The number of benzene rings is 1. The fraction of sp³-hybridized carbons (Fsp3) is 0.167. The smallest absolute Gasteiger partial charge is 0.318 e. The van der Waals surface area contributed by atoms with Gasteiger partial charge < -0.3 is 10.2 Å². The van der Waals surface area contributed by atoms with Crippen LogP contribution in [0.1, 0.15) is 11.5 Å². The molecule has 0 saturated heterocycles. The minimum Gasteiger partial charge on any atom is -0.481 e. The molecule has 1 rings (SSSR count). The Morgan fingerprint density at radius 1 is 1.29 bits per heavy atom. The van der Waals surface area contributed by atoms with Crippen LogP contribution in [0.5, 0.6) is 0 Å². The van der Waals surface area contributed by atoms with Crippen molar-refractivity contribution in [1.29, 1.82) is 0 Å². The van der Waals surface area contributed by atoms with Gasteiger partial charge in [-0.25, -0.2) is 4.39 Å². The van der Waals surface area contributed by atoms with Gasteiger partial charge in [0, 0.05) is 5.92 Å². The minimum atomic E-state index is -1.67. The number of carboxylic acid groups (broad SMARTS) is 2. The van der Waals surface area contributed by atoms with Crippen LogP contribution in [0.3, 0.4) is 0 Å². The number of hydrogen-bond donors (Lipinski definition) is 2. The van der Waals surface area contributed by atoms with Crippen molar-refractivity contribution in [1.82, 2.24) is 0 Å². The van der Waals surface area contributed by atoms with Gasteiger partial charge in [-0.3, -0.25) is 9.59 Å². The molecule has 0 aliphatic heterocycles. The van der Waals surface area contributed by atoms with Gasteiger partial charge in [-0.1, -0.05) is 18.2 Å². The molecule has 0 heterocycles. The Morgan fingerprint density at radius 2 is 1.88 bits per heavy atom. The summed E-state index contributed by atoms with van der Waals surface area (Å²) in [5, 5.41) is 17.7. The van der Waals surface area contributed by atoms with Gasteiger partial charge in [-0.15, -0.1) is 6.58 Å². The molecule has 90 valence electrons. The second-order valence-corrected chi connectivity index (χ2v) is 3.47. The molecule has 0 bridgehead atoms. The molecular formula is C12H11FO4. The van der Waals surface area contributed by atoms with Crippen molar-refractivity contribution in [2.75, 3.05) is 0 Å². The molecule has 0 aliphatic carbocycles. The highest BCUT2D eigenvalue weighted by Gasteiger charge is 2.34. The number of allylic oxidation sites excluding steroid dienone is 1. The lowest BCUT2D eigenvalue weighted by atomic mass is 9.86. The SMILES string of the molecule is C=CC(c1cccc(F)c1)C(C(=O)O)C(=O)O. The fourth-order valence-corrected chi connectivity index (χ4v) is 1.59. The van der Waals surface area contributed by atoms with E-state index in [2.05, 4.69) is 6.58 Å². The molecule has 0 aromatic heterocycles. The van der Waals surface area contributed by atoms with Crippen LogP contribution >= 0.6 is 0 Å². The molecule has 0 fully saturated rings. The molecule has 0 amide bonds. The maximum atomic E-state index is 13.0. The van der Waals surface area contributed by atoms with Gasteiger partial charge in [0.2, 0.25) is 0 Å². The van der Waals surface area contributed by atoms with Gasteiger partial charge in [0.15, 0.2) is 5.92 Å². The average Bonchev–Trinajstić information content (AvgIpc) is 2.24. The molecule has 17 heavy (non-hydrogen) atoms. The Morgan fingerprint density at radius 3 is 2.29 bits per heavy atom. The Balaban J connectivity index is 3.17. The zero-order valence-electron chi connectivity index (χ0n) is 8.84. The summed E-state index contributed by atoms with van der Waals surface area (Å²) in [5.74, 6) is -6.16. The predicted molar refractivity (Wildman–Crippen MR) is 58.1 cm³/mol. The van der Waals surface area contributed by atoms with Crippen LogP contribution < -0.4 is 0 Å². The first-order valence-corrected chi connectivity index (χ1v) is 4.81. The van der Waals surface area contributed by atoms with Crippen LogP contribution in [0.15, 0.2) is 36.9 Å². The molecule has 0 spiro atoms. The van der Waals surface area contributed by atoms with E-state index in [0.717, 1.165) is 6.07 Å². The summed E-state index contributed by atoms with van der Waals surface area (Å²) < 4.78 is 13.0. The summed E-state index contributed by atoms with van der Waals surface area (Å²) in [6, 6.07) is 5.15. The zero-order valence-corrected chi connectivity index (χ0v) is 8.84. The van der Waals surface area contributed by atoms with E-state index in [-0.39, 0.29) is 5.56 Å². The number of carbonyl (C=O) groups is 2. The van der Waals surface area contributed by atoms with Gasteiger partial charge in [-0.05, 0) is 17.7 Å². The highest BCUT2D eigenvalue weighted by Crippen LogP contribution is 2.27. The molecule has 1 unspecified atom stereocenters. The van der Waals surface area contributed by atoms with E-state index in [1.165, 1.54) is 24.3 Å². The van der Waals surface area contributed by atoms with Crippen molar-refractivity contribution < 1.29 is 24.2 Å². The van der Waals surface area contributed by atoms with Gasteiger partial charge in [0.1, 0.15) is 5.82 Å². The first-order chi connectivity index (χ1) is 7.97. The lowest BCUT2D eigenvalue weighted by molar-refractivity contribution is -0.155. The molecular weight excluding hydrogens is 227 g/mol. The number of halogens is 1. The topological polar surface area (TPSA) is 74.6 Å². The highest BCUT2D eigenvalue weighted by atomic mass is 19.1. The molecule has 1 atom stereocenters. The summed E-state index contributed by atoms with van der Waals surface area (Å²) in [6.45, 7) is 3.40. The Kier molecular flexibility index (Phi) is 3.98. The summed E-state index contributed by atoms with van der Waals surface area (Å²) in [7, 11) is 0. The predicted octanol–water partition coefficient (Wildman–Crippen LogP) is 1.88. The van der Waals surface area contributed by atoms with E-state index >= 15 is 0 Å². The van der Waals surface area contributed by atoms with Crippen LogP contribution in [0.2, 0.25) is 0 Å². The summed E-state index contributed by atoms with van der Waals surface area (Å²) in [5.41, 5.74) is 0.273. The first-order valence-electron chi connectivity index (χ1n) is 4.81. The molecule has 1 aromatic rings. The van der Waals surface area contributed by atoms with Crippen LogP contribution in [0.4, 0.5) is 4.39 Å². The molecule has 0 saturated carbocycles. The number of rotatable bonds is 5. The largest absolute Gasteiger partial charge is 0.481 e. The molecule has 2 N–H and O–H groups in total.